The molecule has 30 heavy (non-hydrogen) atoms. The molecule has 0 fully saturated rings. The maximum atomic E-state index is 12.9. The molecule has 0 saturated carbocycles. The summed E-state index contributed by atoms with van der Waals surface area (Å²) in [7, 11) is 0. The second-order valence-electron chi connectivity index (χ2n) is 6.60. The van der Waals surface area contributed by atoms with E-state index in [9.17, 15) is 19.8 Å². The van der Waals surface area contributed by atoms with Gasteiger partial charge in [0.05, 0.1) is 0 Å². The van der Waals surface area contributed by atoms with E-state index in [-0.39, 0.29) is 41.1 Å². The van der Waals surface area contributed by atoms with E-state index >= 15 is 0 Å². The molecule has 1 amide bonds. The number of nitrogens with zero attached hydrogens (tertiary/aromatic N) is 1. The van der Waals surface area contributed by atoms with Crippen molar-refractivity contribution in [2.45, 2.75) is 13.1 Å². The summed E-state index contributed by atoms with van der Waals surface area (Å²) < 4.78 is 5.51. The topological polar surface area (TPSA) is 87.1 Å². The van der Waals surface area contributed by atoms with Crippen molar-refractivity contribution in [3.05, 3.63) is 94.5 Å². The van der Waals surface area contributed by atoms with Crippen molar-refractivity contribution in [2.75, 3.05) is 6.61 Å². The molecular weight excluding hydrogens is 406 g/mol. The fourth-order valence-corrected chi connectivity index (χ4v) is 3.08. The van der Waals surface area contributed by atoms with Crippen LogP contribution in [0.2, 0.25) is 5.02 Å². The van der Waals surface area contributed by atoms with E-state index in [4.69, 9.17) is 16.3 Å². The van der Waals surface area contributed by atoms with Crippen LogP contribution < -0.4 is 4.74 Å². The number of aromatic carboxylic acids is 1. The van der Waals surface area contributed by atoms with Gasteiger partial charge in [0, 0.05) is 23.7 Å². The van der Waals surface area contributed by atoms with Crippen molar-refractivity contribution in [2.24, 2.45) is 0 Å². The lowest BCUT2D eigenvalue weighted by molar-refractivity contribution is -0.134. The lowest BCUT2D eigenvalue weighted by Crippen LogP contribution is -2.34. The lowest BCUT2D eigenvalue weighted by Gasteiger charge is -2.24. The number of phenolic OH excluding ortho intramolecular Hbond substituents is 1. The third-order valence-electron chi connectivity index (χ3n) is 4.44. The maximum Gasteiger partial charge on any atom is 0.339 e. The first-order valence-electron chi connectivity index (χ1n) is 9.18. The predicted molar refractivity (Wildman–Crippen MR) is 113 cm³/mol. The van der Waals surface area contributed by atoms with Gasteiger partial charge in [-0.1, -0.05) is 60.1 Å². The molecule has 0 bridgehead atoms. The van der Waals surface area contributed by atoms with E-state index in [1.54, 1.807) is 29.2 Å². The standard InChI is InChI=1S/C23H20ClNO5/c24-18-10-11-21(19(12-18)23(28)29)30-15-22(27)25(13-16-6-2-1-3-7-16)14-17-8-4-5-9-20(17)26/h1-12,26H,13-15H2,(H,28,29). The molecule has 0 atom stereocenters. The van der Waals surface area contributed by atoms with E-state index < -0.39 is 5.97 Å². The molecule has 0 saturated heterocycles. The Morgan fingerprint density at radius 3 is 2.33 bits per heavy atom. The molecule has 0 spiro atoms. The summed E-state index contributed by atoms with van der Waals surface area (Å²) in [6.45, 7) is 0.127. The molecule has 2 N–H and O–H groups in total. The highest BCUT2D eigenvalue weighted by Gasteiger charge is 2.19. The Labute approximate surface area is 178 Å². The van der Waals surface area contributed by atoms with Crippen LogP contribution in [0.4, 0.5) is 0 Å². The molecule has 154 valence electrons. The Bertz CT molecular complexity index is 1040. The summed E-state index contributed by atoms with van der Waals surface area (Å²) in [5, 5.41) is 19.7. The number of carbonyl (C=O) groups is 2. The zero-order chi connectivity index (χ0) is 21.5. The fraction of sp³-hybridized carbons (Fsp3) is 0.130. The van der Waals surface area contributed by atoms with Crippen LogP contribution in [-0.4, -0.2) is 33.6 Å². The fourth-order valence-electron chi connectivity index (χ4n) is 2.91. The number of rotatable bonds is 8. The molecule has 0 aliphatic rings. The monoisotopic (exact) mass is 425 g/mol. The van der Waals surface area contributed by atoms with Gasteiger partial charge < -0.3 is 19.8 Å². The van der Waals surface area contributed by atoms with E-state index in [0.717, 1.165) is 5.56 Å². The SMILES string of the molecule is O=C(O)c1cc(Cl)ccc1OCC(=O)N(Cc1ccccc1)Cc1ccccc1O. The van der Waals surface area contributed by atoms with Crippen LogP contribution in [0, 0.1) is 0 Å². The average Bonchev–Trinajstić information content (AvgIpc) is 2.74. The highest BCUT2D eigenvalue weighted by atomic mass is 35.5. The van der Waals surface area contributed by atoms with Crippen LogP contribution in [0.25, 0.3) is 0 Å². The minimum atomic E-state index is -1.20. The van der Waals surface area contributed by atoms with E-state index in [0.29, 0.717) is 12.1 Å². The lowest BCUT2D eigenvalue weighted by atomic mass is 10.1. The van der Waals surface area contributed by atoms with Crippen LogP contribution in [0.5, 0.6) is 11.5 Å². The molecule has 3 rings (SSSR count). The number of hydrogen-bond donors (Lipinski definition) is 2. The van der Waals surface area contributed by atoms with Crippen LogP contribution >= 0.6 is 11.6 Å². The largest absolute Gasteiger partial charge is 0.508 e. The highest BCUT2D eigenvalue weighted by Crippen LogP contribution is 2.24. The van der Waals surface area contributed by atoms with Gasteiger partial charge >= 0.3 is 5.97 Å². The van der Waals surface area contributed by atoms with Crippen molar-refractivity contribution >= 4 is 23.5 Å². The van der Waals surface area contributed by atoms with Crippen LogP contribution in [0.3, 0.4) is 0 Å². The summed E-state index contributed by atoms with van der Waals surface area (Å²) in [5.74, 6) is -1.40. The van der Waals surface area contributed by atoms with Gasteiger partial charge in [-0.15, -0.1) is 0 Å². The molecule has 0 unspecified atom stereocenters. The van der Waals surface area contributed by atoms with Gasteiger partial charge in [-0.2, -0.15) is 0 Å². The van der Waals surface area contributed by atoms with Gasteiger partial charge in [-0.05, 0) is 29.8 Å². The normalized spacial score (nSPS) is 10.4. The average molecular weight is 426 g/mol. The van der Waals surface area contributed by atoms with E-state index in [1.165, 1.54) is 18.2 Å². The molecule has 7 heteroatoms. The minimum Gasteiger partial charge on any atom is -0.508 e. The third-order valence-corrected chi connectivity index (χ3v) is 4.68. The third kappa shape index (κ3) is 5.52. The first-order chi connectivity index (χ1) is 14.4. The second kappa shape index (κ2) is 9.80. The highest BCUT2D eigenvalue weighted by molar-refractivity contribution is 6.31. The van der Waals surface area contributed by atoms with E-state index in [1.807, 2.05) is 30.3 Å². The molecule has 0 aliphatic heterocycles. The number of benzene rings is 3. The predicted octanol–water partition coefficient (Wildman–Crippen LogP) is 4.35. The Hall–Kier alpha value is -3.51. The molecule has 3 aromatic carbocycles. The van der Waals surface area contributed by atoms with Crippen LogP contribution in [0.1, 0.15) is 21.5 Å². The van der Waals surface area contributed by atoms with Crippen molar-refractivity contribution in [1.82, 2.24) is 4.90 Å². The second-order valence-corrected chi connectivity index (χ2v) is 7.03. The van der Waals surface area contributed by atoms with Crippen LogP contribution in [-0.2, 0) is 17.9 Å². The van der Waals surface area contributed by atoms with Gasteiger partial charge in [0.1, 0.15) is 17.1 Å². The molecular formula is C23H20ClNO5. The molecule has 6 nitrogen and oxygen atoms in total. The van der Waals surface area contributed by atoms with Gasteiger partial charge in [-0.3, -0.25) is 4.79 Å². The summed E-state index contributed by atoms with van der Waals surface area (Å²) >= 11 is 5.85. The van der Waals surface area contributed by atoms with Crippen molar-refractivity contribution in [3.8, 4) is 11.5 Å². The van der Waals surface area contributed by atoms with E-state index in [2.05, 4.69) is 0 Å². The molecule has 0 heterocycles. The number of aromatic hydroxyl groups is 1. The quantitative estimate of drug-likeness (QED) is 0.560. The summed E-state index contributed by atoms with van der Waals surface area (Å²) in [5.41, 5.74) is 1.39. The Morgan fingerprint density at radius 1 is 0.933 bits per heavy atom. The van der Waals surface area contributed by atoms with Crippen molar-refractivity contribution < 1.29 is 24.5 Å². The number of amides is 1. The number of halogens is 1. The number of carboxylic acids is 1. The van der Waals surface area contributed by atoms with Crippen molar-refractivity contribution in [3.63, 3.8) is 0 Å². The van der Waals surface area contributed by atoms with Crippen molar-refractivity contribution in [1.29, 1.82) is 0 Å². The number of hydrogen-bond acceptors (Lipinski definition) is 4. The Morgan fingerprint density at radius 2 is 1.63 bits per heavy atom. The first kappa shape index (κ1) is 21.2. The summed E-state index contributed by atoms with van der Waals surface area (Å²) in [6, 6.07) is 20.4. The first-order valence-corrected chi connectivity index (χ1v) is 9.56. The summed E-state index contributed by atoms with van der Waals surface area (Å²) in [6.07, 6.45) is 0. The number of carbonyl (C=O) groups excluding carboxylic acids is 1. The smallest absolute Gasteiger partial charge is 0.339 e. The molecule has 0 aliphatic carbocycles. The number of ether oxygens (including phenoxy) is 1. The van der Waals surface area contributed by atoms with Gasteiger partial charge in [-0.25, -0.2) is 4.79 Å². The number of phenols is 1. The summed E-state index contributed by atoms with van der Waals surface area (Å²) in [4.78, 5) is 25.9. The maximum absolute atomic E-state index is 12.9. The number of para-hydroxylation sites is 1. The van der Waals surface area contributed by atoms with Gasteiger partial charge in [0.25, 0.3) is 5.91 Å². The zero-order valence-electron chi connectivity index (χ0n) is 16.0. The zero-order valence-corrected chi connectivity index (χ0v) is 16.7. The molecule has 3 aromatic rings. The van der Waals surface area contributed by atoms with Gasteiger partial charge in [0.2, 0.25) is 0 Å². The van der Waals surface area contributed by atoms with Crippen LogP contribution in [0.15, 0.2) is 72.8 Å². The minimum absolute atomic E-state index is 0.0578. The van der Waals surface area contributed by atoms with Gasteiger partial charge in [0.15, 0.2) is 6.61 Å². The molecule has 0 radical (unpaired) electrons. The molecule has 0 aromatic heterocycles. The Balaban J connectivity index is 1.78. The Kier molecular flexibility index (Phi) is 6.93. The number of carboxylic acid groups (broad SMARTS) is 1.